The zero-order valence-corrected chi connectivity index (χ0v) is 9.77. The van der Waals surface area contributed by atoms with Crippen LogP contribution in [0.25, 0.3) is 5.69 Å². The minimum Gasteiger partial charge on any atom is -0.494 e. The van der Waals surface area contributed by atoms with Crippen molar-refractivity contribution in [1.29, 1.82) is 5.26 Å². The van der Waals surface area contributed by atoms with Crippen LogP contribution in [0.15, 0.2) is 27.8 Å². The molecule has 6 nitrogen and oxygen atoms in total. The van der Waals surface area contributed by atoms with Gasteiger partial charge in [0.05, 0.1) is 16.8 Å². The van der Waals surface area contributed by atoms with Gasteiger partial charge in [-0.05, 0) is 25.1 Å². The molecule has 0 bridgehead atoms. The Morgan fingerprint density at radius 3 is 2.74 bits per heavy atom. The molecular formula is C12H8FN3O3. The van der Waals surface area contributed by atoms with Gasteiger partial charge in [-0.2, -0.15) is 5.26 Å². The fourth-order valence-electron chi connectivity index (χ4n) is 1.59. The van der Waals surface area contributed by atoms with E-state index in [1.165, 1.54) is 13.0 Å². The molecule has 0 saturated carbocycles. The lowest BCUT2D eigenvalue weighted by atomic mass is 10.2. The standard InChI is InChI=1S/C12H8FN3O3/c1-6-10(17)15-12(19)16(11(6)18)8-2-3-9(13)7(4-8)5-14/h2-4,18H,1H3,(H,15,17,19). The van der Waals surface area contributed by atoms with Crippen LogP contribution in [0.2, 0.25) is 0 Å². The molecule has 2 rings (SSSR count). The number of aromatic hydroxyl groups is 1. The SMILES string of the molecule is Cc1c(O)n(-c2ccc(F)c(C#N)c2)c(=O)[nH]c1=O. The largest absolute Gasteiger partial charge is 0.494 e. The number of nitriles is 1. The number of nitrogens with one attached hydrogen (secondary N) is 1. The van der Waals surface area contributed by atoms with Gasteiger partial charge in [0.1, 0.15) is 11.9 Å². The smallest absolute Gasteiger partial charge is 0.335 e. The van der Waals surface area contributed by atoms with Crippen molar-refractivity contribution in [2.75, 3.05) is 0 Å². The van der Waals surface area contributed by atoms with E-state index in [4.69, 9.17) is 5.26 Å². The topological polar surface area (TPSA) is 98.9 Å². The second-order valence-electron chi connectivity index (χ2n) is 3.82. The molecule has 96 valence electrons. The zero-order chi connectivity index (χ0) is 14.2. The van der Waals surface area contributed by atoms with Crippen LogP contribution in [0.3, 0.4) is 0 Å². The highest BCUT2D eigenvalue weighted by atomic mass is 19.1. The highest BCUT2D eigenvalue weighted by molar-refractivity contribution is 5.44. The number of H-pyrrole nitrogens is 1. The summed E-state index contributed by atoms with van der Waals surface area (Å²) in [5.74, 6) is -1.29. The van der Waals surface area contributed by atoms with E-state index >= 15 is 0 Å². The molecule has 0 aliphatic heterocycles. The molecule has 1 aromatic carbocycles. The Morgan fingerprint density at radius 2 is 2.11 bits per heavy atom. The Hall–Kier alpha value is -2.88. The number of nitrogens with zero attached hydrogens (tertiary/aromatic N) is 2. The third kappa shape index (κ3) is 1.99. The van der Waals surface area contributed by atoms with Crippen molar-refractivity contribution in [3.05, 3.63) is 56.0 Å². The molecule has 0 fully saturated rings. The summed E-state index contributed by atoms with van der Waals surface area (Å²) in [5.41, 5.74) is -1.82. The van der Waals surface area contributed by atoms with Gasteiger partial charge in [0.15, 0.2) is 0 Å². The van der Waals surface area contributed by atoms with E-state index < -0.39 is 22.9 Å². The van der Waals surface area contributed by atoms with Crippen molar-refractivity contribution in [3.8, 4) is 17.6 Å². The lowest BCUT2D eigenvalue weighted by Gasteiger charge is -2.09. The van der Waals surface area contributed by atoms with Gasteiger partial charge >= 0.3 is 5.69 Å². The number of halogens is 1. The molecule has 0 amide bonds. The Bertz CT molecular complexity index is 814. The van der Waals surface area contributed by atoms with Crippen molar-refractivity contribution in [3.63, 3.8) is 0 Å². The molecule has 1 heterocycles. The fraction of sp³-hybridized carbons (Fsp3) is 0.0833. The fourth-order valence-corrected chi connectivity index (χ4v) is 1.59. The predicted molar refractivity (Wildman–Crippen MR) is 63.7 cm³/mol. The maximum Gasteiger partial charge on any atom is 0.335 e. The Kier molecular flexibility index (Phi) is 2.92. The number of hydrogen-bond acceptors (Lipinski definition) is 4. The molecule has 2 aromatic rings. The summed E-state index contributed by atoms with van der Waals surface area (Å²) < 4.78 is 14.0. The van der Waals surface area contributed by atoms with Gasteiger partial charge in [-0.1, -0.05) is 0 Å². The summed E-state index contributed by atoms with van der Waals surface area (Å²) in [7, 11) is 0. The highest BCUT2D eigenvalue weighted by Crippen LogP contribution is 2.18. The van der Waals surface area contributed by atoms with E-state index in [0.29, 0.717) is 0 Å². The highest BCUT2D eigenvalue weighted by Gasteiger charge is 2.13. The Labute approximate surface area is 106 Å². The summed E-state index contributed by atoms with van der Waals surface area (Å²) in [6.45, 7) is 1.33. The maximum atomic E-state index is 13.2. The van der Waals surface area contributed by atoms with E-state index in [0.717, 1.165) is 16.7 Å². The van der Waals surface area contributed by atoms with Crippen LogP contribution < -0.4 is 11.2 Å². The molecular weight excluding hydrogens is 253 g/mol. The second-order valence-corrected chi connectivity index (χ2v) is 3.82. The van der Waals surface area contributed by atoms with Crippen LogP contribution in [-0.2, 0) is 0 Å². The second kappa shape index (κ2) is 4.42. The third-order valence-corrected chi connectivity index (χ3v) is 2.64. The van der Waals surface area contributed by atoms with Crippen molar-refractivity contribution in [1.82, 2.24) is 9.55 Å². The van der Waals surface area contributed by atoms with Gasteiger partial charge in [0, 0.05) is 0 Å². The molecule has 2 N–H and O–H groups in total. The van der Waals surface area contributed by atoms with Gasteiger partial charge in [-0.3, -0.25) is 9.78 Å². The zero-order valence-electron chi connectivity index (χ0n) is 9.77. The van der Waals surface area contributed by atoms with Gasteiger partial charge in [-0.15, -0.1) is 0 Å². The summed E-state index contributed by atoms with van der Waals surface area (Å²) >= 11 is 0. The number of rotatable bonds is 1. The monoisotopic (exact) mass is 261 g/mol. The van der Waals surface area contributed by atoms with E-state index in [9.17, 15) is 19.1 Å². The molecule has 0 unspecified atom stereocenters. The third-order valence-electron chi connectivity index (χ3n) is 2.64. The van der Waals surface area contributed by atoms with Crippen molar-refractivity contribution < 1.29 is 9.50 Å². The van der Waals surface area contributed by atoms with Crippen LogP contribution in [0.1, 0.15) is 11.1 Å². The van der Waals surface area contributed by atoms with Gasteiger partial charge in [0.2, 0.25) is 5.88 Å². The average molecular weight is 261 g/mol. The number of aromatic nitrogens is 2. The first-order valence-electron chi connectivity index (χ1n) is 5.20. The average Bonchev–Trinajstić information content (AvgIpc) is 2.38. The first-order chi connectivity index (χ1) is 8.95. The van der Waals surface area contributed by atoms with Gasteiger partial charge < -0.3 is 5.11 Å². The predicted octanol–water partition coefficient (Wildman–Crippen LogP) is 0.551. The molecule has 0 spiro atoms. The number of benzene rings is 1. The number of aromatic amines is 1. The van der Waals surface area contributed by atoms with E-state index in [1.54, 1.807) is 6.07 Å². The van der Waals surface area contributed by atoms with Crippen LogP contribution in [-0.4, -0.2) is 14.7 Å². The van der Waals surface area contributed by atoms with E-state index in [-0.39, 0.29) is 16.8 Å². The van der Waals surface area contributed by atoms with Crippen LogP contribution >= 0.6 is 0 Å². The van der Waals surface area contributed by atoms with Gasteiger partial charge in [0.25, 0.3) is 5.56 Å². The molecule has 0 atom stereocenters. The summed E-state index contributed by atoms with van der Waals surface area (Å²) in [5, 5.41) is 18.5. The maximum absolute atomic E-state index is 13.2. The summed E-state index contributed by atoms with van der Waals surface area (Å²) in [6, 6.07) is 4.95. The first kappa shape index (κ1) is 12.6. The molecule has 7 heteroatoms. The van der Waals surface area contributed by atoms with Crippen molar-refractivity contribution >= 4 is 0 Å². The minimum absolute atomic E-state index is 0.0533. The molecule has 0 radical (unpaired) electrons. The van der Waals surface area contributed by atoms with Crippen LogP contribution in [0, 0.1) is 24.1 Å². The Morgan fingerprint density at radius 1 is 1.42 bits per heavy atom. The van der Waals surface area contributed by atoms with Crippen LogP contribution in [0.4, 0.5) is 4.39 Å². The minimum atomic E-state index is -0.872. The molecule has 1 aromatic heterocycles. The molecule has 0 aliphatic rings. The molecule has 19 heavy (non-hydrogen) atoms. The first-order valence-corrected chi connectivity index (χ1v) is 5.20. The summed E-state index contributed by atoms with van der Waals surface area (Å²) in [6.07, 6.45) is 0. The van der Waals surface area contributed by atoms with E-state index in [1.807, 2.05) is 4.98 Å². The normalized spacial score (nSPS) is 10.2. The van der Waals surface area contributed by atoms with Crippen molar-refractivity contribution in [2.24, 2.45) is 0 Å². The lowest BCUT2D eigenvalue weighted by molar-refractivity contribution is 0.426. The molecule has 0 aliphatic carbocycles. The number of hydrogen-bond donors (Lipinski definition) is 2. The van der Waals surface area contributed by atoms with Crippen molar-refractivity contribution in [2.45, 2.75) is 6.92 Å². The van der Waals surface area contributed by atoms with Crippen LogP contribution in [0.5, 0.6) is 5.88 Å². The quantitative estimate of drug-likeness (QED) is 0.783. The Balaban J connectivity index is 2.81. The molecule has 0 saturated heterocycles. The van der Waals surface area contributed by atoms with E-state index in [2.05, 4.69) is 0 Å². The van der Waals surface area contributed by atoms with Gasteiger partial charge in [-0.25, -0.2) is 13.8 Å². The summed E-state index contributed by atoms with van der Waals surface area (Å²) in [4.78, 5) is 25.0. The lowest BCUT2D eigenvalue weighted by Crippen LogP contribution is -2.30.